The topological polar surface area (TPSA) is 64.2 Å². The third-order valence-corrected chi connectivity index (χ3v) is 4.73. The second kappa shape index (κ2) is 7.62. The monoisotopic (exact) mass is 326 g/mol. The first kappa shape index (κ1) is 16.7. The Kier molecular flexibility index (Phi) is 5.30. The van der Waals surface area contributed by atoms with Crippen molar-refractivity contribution in [2.45, 2.75) is 51.2 Å². The summed E-state index contributed by atoms with van der Waals surface area (Å²) < 4.78 is 2.03. The lowest BCUT2D eigenvalue weighted by Crippen LogP contribution is -2.50. The highest BCUT2D eigenvalue weighted by Gasteiger charge is 2.27. The van der Waals surface area contributed by atoms with Crippen molar-refractivity contribution in [2.75, 3.05) is 6.54 Å². The van der Waals surface area contributed by atoms with Crippen LogP contribution in [0, 0.1) is 0 Å². The normalized spacial score (nSPS) is 19.2. The van der Waals surface area contributed by atoms with Crippen molar-refractivity contribution in [1.82, 2.24) is 14.5 Å². The smallest absolute Gasteiger partial charge is 0.240 e. The van der Waals surface area contributed by atoms with Crippen molar-refractivity contribution in [3.63, 3.8) is 0 Å². The zero-order valence-corrected chi connectivity index (χ0v) is 14.3. The molecule has 1 aliphatic rings. The quantitative estimate of drug-likeness (QED) is 0.916. The minimum atomic E-state index is -0.509. The van der Waals surface area contributed by atoms with E-state index in [9.17, 15) is 4.79 Å². The molecule has 2 atom stereocenters. The van der Waals surface area contributed by atoms with Gasteiger partial charge in [-0.15, -0.1) is 0 Å². The molecular formula is C19H26N4O. The molecule has 2 heterocycles. The third-order valence-electron chi connectivity index (χ3n) is 4.73. The fourth-order valence-electron chi connectivity index (χ4n) is 3.34. The van der Waals surface area contributed by atoms with Gasteiger partial charge in [-0.3, -0.25) is 4.79 Å². The molecule has 3 rings (SSSR count). The Bertz CT molecular complexity index is 667. The highest BCUT2D eigenvalue weighted by Crippen LogP contribution is 2.17. The van der Waals surface area contributed by atoms with Crippen molar-refractivity contribution in [3.05, 3.63) is 54.1 Å². The Balaban J connectivity index is 1.58. The third kappa shape index (κ3) is 4.03. The molecule has 0 spiro atoms. The summed E-state index contributed by atoms with van der Waals surface area (Å²) in [5, 5.41) is 0. The Morgan fingerprint density at radius 2 is 2.12 bits per heavy atom. The van der Waals surface area contributed by atoms with Gasteiger partial charge in [0.15, 0.2) is 0 Å². The molecule has 128 valence electrons. The summed E-state index contributed by atoms with van der Waals surface area (Å²) in [7, 11) is 0. The van der Waals surface area contributed by atoms with Gasteiger partial charge >= 0.3 is 0 Å². The van der Waals surface area contributed by atoms with Crippen molar-refractivity contribution in [3.8, 4) is 0 Å². The van der Waals surface area contributed by atoms with Crippen LogP contribution < -0.4 is 5.73 Å². The lowest BCUT2D eigenvalue weighted by molar-refractivity contribution is -0.135. The van der Waals surface area contributed by atoms with E-state index < -0.39 is 6.04 Å². The number of imidazole rings is 1. The van der Waals surface area contributed by atoms with Crippen LogP contribution in [0.4, 0.5) is 0 Å². The van der Waals surface area contributed by atoms with Crippen LogP contribution in [0.25, 0.3) is 0 Å². The van der Waals surface area contributed by atoms with E-state index in [-0.39, 0.29) is 5.91 Å². The van der Waals surface area contributed by atoms with E-state index >= 15 is 0 Å². The number of nitrogens with zero attached hydrogens (tertiary/aromatic N) is 3. The number of carbonyl (C=O) groups is 1. The highest BCUT2D eigenvalue weighted by atomic mass is 16.2. The summed E-state index contributed by atoms with van der Waals surface area (Å²) >= 11 is 0. The summed E-state index contributed by atoms with van der Waals surface area (Å²) in [6.07, 6.45) is 7.63. The first-order chi connectivity index (χ1) is 11.6. The van der Waals surface area contributed by atoms with E-state index in [2.05, 4.69) is 24.0 Å². The fraction of sp³-hybridized carbons (Fsp3) is 0.474. The van der Waals surface area contributed by atoms with Gasteiger partial charge in [0, 0.05) is 31.7 Å². The van der Waals surface area contributed by atoms with E-state index in [0.29, 0.717) is 12.5 Å². The predicted molar refractivity (Wildman–Crippen MR) is 94.5 cm³/mol. The standard InChI is InChI=1S/C19H26N4O/c1-15-7-5-6-10-23(15)19(24)18(20)11-17-13-22(14-21-17)12-16-8-3-2-4-9-16/h2-4,8-9,13-15,18H,5-7,10-12,20H2,1H3/t15?,18-/m0/s1. The Hall–Kier alpha value is -2.14. The van der Waals surface area contributed by atoms with Crippen LogP contribution in [-0.2, 0) is 17.8 Å². The first-order valence-electron chi connectivity index (χ1n) is 8.74. The zero-order chi connectivity index (χ0) is 16.9. The van der Waals surface area contributed by atoms with Gasteiger partial charge in [-0.2, -0.15) is 0 Å². The second-order valence-electron chi connectivity index (χ2n) is 6.71. The lowest BCUT2D eigenvalue weighted by Gasteiger charge is -2.35. The van der Waals surface area contributed by atoms with Crippen molar-refractivity contribution in [2.24, 2.45) is 5.73 Å². The largest absolute Gasteiger partial charge is 0.339 e. The number of piperidine rings is 1. The molecule has 5 nitrogen and oxygen atoms in total. The molecule has 0 radical (unpaired) electrons. The molecule has 0 saturated carbocycles. The molecule has 5 heteroatoms. The number of aromatic nitrogens is 2. The molecule has 1 saturated heterocycles. The summed E-state index contributed by atoms with van der Waals surface area (Å²) in [6.45, 7) is 3.72. The average Bonchev–Trinajstić information content (AvgIpc) is 3.02. The summed E-state index contributed by atoms with van der Waals surface area (Å²) in [6, 6.07) is 10.0. The molecule has 1 aliphatic heterocycles. The minimum Gasteiger partial charge on any atom is -0.339 e. The van der Waals surface area contributed by atoms with Crippen LogP contribution in [0.2, 0.25) is 0 Å². The van der Waals surface area contributed by atoms with Gasteiger partial charge in [-0.05, 0) is 31.7 Å². The van der Waals surface area contributed by atoms with E-state index in [1.807, 2.05) is 40.2 Å². The summed E-state index contributed by atoms with van der Waals surface area (Å²) in [4.78, 5) is 18.9. The number of benzene rings is 1. The highest BCUT2D eigenvalue weighted by molar-refractivity contribution is 5.82. The zero-order valence-electron chi connectivity index (χ0n) is 14.3. The van der Waals surface area contributed by atoms with Gasteiger partial charge in [0.2, 0.25) is 5.91 Å². The molecule has 1 fully saturated rings. The lowest BCUT2D eigenvalue weighted by atomic mass is 10.0. The van der Waals surface area contributed by atoms with E-state index in [1.165, 1.54) is 12.0 Å². The number of carbonyl (C=O) groups excluding carboxylic acids is 1. The van der Waals surface area contributed by atoms with Gasteiger partial charge in [0.25, 0.3) is 0 Å². The number of likely N-dealkylation sites (tertiary alicyclic amines) is 1. The Labute approximate surface area is 143 Å². The summed E-state index contributed by atoms with van der Waals surface area (Å²) in [5.41, 5.74) is 8.26. The van der Waals surface area contributed by atoms with Gasteiger partial charge in [0.1, 0.15) is 0 Å². The van der Waals surface area contributed by atoms with Crippen LogP contribution in [0.1, 0.15) is 37.4 Å². The van der Waals surface area contributed by atoms with Crippen LogP contribution >= 0.6 is 0 Å². The predicted octanol–water partition coefficient (Wildman–Crippen LogP) is 2.20. The molecular weight excluding hydrogens is 300 g/mol. The summed E-state index contributed by atoms with van der Waals surface area (Å²) in [5.74, 6) is 0.0554. The van der Waals surface area contributed by atoms with Gasteiger partial charge in [-0.25, -0.2) is 4.98 Å². The van der Waals surface area contributed by atoms with E-state index in [4.69, 9.17) is 5.73 Å². The van der Waals surface area contributed by atoms with Crippen molar-refractivity contribution in [1.29, 1.82) is 0 Å². The SMILES string of the molecule is CC1CCCCN1C(=O)[C@@H](N)Cc1cn(Cc2ccccc2)cn1. The Morgan fingerprint density at radius 1 is 1.33 bits per heavy atom. The van der Waals surface area contributed by atoms with Crippen LogP contribution in [0.3, 0.4) is 0 Å². The average molecular weight is 326 g/mol. The van der Waals surface area contributed by atoms with E-state index in [1.54, 1.807) is 0 Å². The molecule has 0 aliphatic carbocycles. The van der Waals surface area contributed by atoms with Gasteiger partial charge in [-0.1, -0.05) is 30.3 Å². The van der Waals surface area contributed by atoms with Crippen LogP contribution in [0.5, 0.6) is 0 Å². The maximum Gasteiger partial charge on any atom is 0.240 e. The fourth-order valence-corrected chi connectivity index (χ4v) is 3.34. The van der Waals surface area contributed by atoms with E-state index in [0.717, 1.165) is 31.6 Å². The van der Waals surface area contributed by atoms with Gasteiger partial charge < -0.3 is 15.2 Å². The molecule has 24 heavy (non-hydrogen) atoms. The molecule has 1 unspecified atom stereocenters. The van der Waals surface area contributed by atoms with Crippen molar-refractivity contribution >= 4 is 5.91 Å². The molecule has 2 N–H and O–H groups in total. The minimum absolute atomic E-state index is 0.0554. The molecule has 2 aromatic rings. The van der Waals surface area contributed by atoms with Crippen LogP contribution in [-0.4, -0.2) is 39.0 Å². The van der Waals surface area contributed by atoms with Gasteiger partial charge in [0.05, 0.1) is 18.1 Å². The molecule has 0 bridgehead atoms. The first-order valence-corrected chi connectivity index (χ1v) is 8.74. The van der Waals surface area contributed by atoms with Crippen LogP contribution in [0.15, 0.2) is 42.9 Å². The number of nitrogens with two attached hydrogens (primary N) is 1. The molecule has 1 aromatic heterocycles. The second-order valence-corrected chi connectivity index (χ2v) is 6.71. The number of rotatable bonds is 5. The molecule has 1 amide bonds. The number of amides is 1. The van der Waals surface area contributed by atoms with Crippen molar-refractivity contribution < 1.29 is 4.79 Å². The maximum absolute atomic E-state index is 12.6. The number of hydrogen-bond donors (Lipinski definition) is 1. The number of hydrogen-bond acceptors (Lipinski definition) is 3. The Morgan fingerprint density at radius 3 is 2.88 bits per heavy atom. The maximum atomic E-state index is 12.6. The molecule has 1 aromatic carbocycles.